The van der Waals surface area contributed by atoms with Crippen LogP contribution in [0.2, 0.25) is 0 Å². The van der Waals surface area contributed by atoms with Crippen molar-refractivity contribution in [1.29, 1.82) is 0 Å². The summed E-state index contributed by atoms with van der Waals surface area (Å²) in [6, 6.07) is 0. The summed E-state index contributed by atoms with van der Waals surface area (Å²) in [6.07, 6.45) is 7.26. The van der Waals surface area contributed by atoms with E-state index in [4.69, 9.17) is 9.47 Å². The minimum atomic E-state index is -0.387. The highest BCUT2D eigenvalue weighted by Crippen LogP contribution is 2.37. The summed E-state index contributed by atoms with van der Waals surface area (Å²) < 4.78 is 11.5. The summed E-state index contributed by atoms with van der Waals surface area (Å²) in [5, 5.41) is 0. The van der Waals surface area contributed by atoms with Crippen molar-refractivity contribution in [3.8, 4) is 0 Å². The Balaban J connectivity index is 0.000000340. The zero-order valence-corrected chi connectivity index (χ0v) is 24.5. The molecule has 0 aromatic carbocycles. The third-order valence-electron chi connectivity index (χ3n) is 7.66. The van der Waals surface area contributed by atoms with Crippen LogP contribution in [0.1, 0.15) is 122 Å². The monoisotopic (exact) mass is 480 g/mol. The number of esters is 2. The Kier molecular flexibility index (Phi) is 11.6. The average Bonchev–Trinajstić information content (AvgIpc) is 2.66. The molecule has 0 saturated heterocycles. The predicted octanol–water partition coefficient (Wildman–Crippen LogP) is 8.07. The maximum atomic E-state index is 12.0. The molecule has 0 unspecified atom stereocenters. The van der Waals surface area contributed by atoms with Gasteiger partial charge in [-0.25, -0.2) is 0 Å². The zero-order chi connectivity index (χ0) is 26.4. The van der Waals surface area contributed by atoms with E-state index in [0.717, 1.165) is 12.8 Å². The van der Waals surface area contributed by atoms with Gasteiger partial charge in [0.1, 0.15) is 12.2 Å². The molecule has 200 valence electrons. The maximum Gasteiger partial charge on any atom is 0.311 e. The van der Waals surface area contributed by atoms with Gasteiger partial charge in [-0.15, -0.1) is 0 Å². The van der Waals surface area contributed by atoms with E-state index in [2.05, 4.69) is 41.5 Å². The summed E-state index contributed by atoms with van der Waals surface area (Å²) in [6.45, 7) is 25.0. The Labute approximate surface area is 211 Å². The number of carbonyl (C=O) groups is 2. The summed E-state index contributed by atoms with van der Waals surface area (Å²) >= 11 is 0. The molecule has 2 fully saturated rings. The second-order valence-corrected chi connectivity index (χ2v) is 14.0. The lowest BCUT2D eigenvalue weighted by atomic mass is 9.75. The van der Waals surface area contributed by atoms with E-state index >= 15 is 0 Å². The molecule has 6 atom stereocenters. The van der Waals surface area contributed by atoms with Gasteiger partial charge in [0.05, 0.1) is 10.8 Å². The van der Waals surface area contributed by atoms with Crippen LogP contribution < -0.4 is 0 Å². The molecule has 0 aromatic heterocycles. The molecule has 0 heterocycles. The Morgan fingerprint density at radius 2 is 0.912 bits per heavy atom. The number of rotatable bonds is 4. The number of hydrogen-bond acceptors (Lipinski definition) is 4. The quantitative estimate of drug-likeness (QED) is 0.382. The molecule has 2 rings (SSSR count). The average molecular weight is 481 g/mol. The van der Waals surface area contributed by atoms with Crippen LogP contribution in [0.15, 0.2) is 0 Å². The van der Waals surface area contributed by atoms with Crippen LogP contribution in [-0.4, -0.2) is 24.1 Å². The van der Waals surface area contributed by atoms with Gasteiger partial charge in [-0.3, -0.25) is 9.59 Å². The molecule has 4 nitrogen and oxygen atoms in total. The van der Waals surface area contributed by atoms with E-state index in [9.17, 15) is 9.59 Å². The van der Waals surface area contributed by atoms with Crippen LogP contribution in [0.4, 0.5) is 0 Å². The molecule has 0 aliphatic heterocycles. The van der Waals surface area contributed by atoms with Gasteiger partial charge in [-0.2, -0.15) is 0 Å². The highest BCUT2D eigenvalue weighted by molar-refractivity contribution is 5.76. The van der Waals surface area contributed by atoms with Crippen molar-refractivity contribution >= 4 is 11.9 Å². The maximum absolute atomic E-state index is 12.0. The highest BCUT2D eigenvalue weighted by atomic mass is 16.5. The molecule has 0 N–H and O–H groups in total. The third kappa shape index (κ3) is 9.90. The Morgan fingerprint density at radius 1 is 0.618 bits per heavy atom. The molecule has 0 amide bonds. The van der Waals surface area contributed by atoms with Gasteiger partial charge < -0.3 is 9.47 Å². The van der Waals surface area contributed by atoms with Crippen molar-refractivity contribution in [1.82, 2.24) is 0 Å². The summed E-state index contributed by atoms with van der Waals surface area (Å²) in [5.74, 6) is 3.53. The van der Waals surface area contributed by atoms with E-state index in [-0.39, 0.29) is 35.0 Å². The van der Waals surface area contributed by atoms with Gasteiger partial charge in [-0.1, -0.05) is 54.4 Å². The number of hydrogen-bond donors (Lipinski definition) is 0. The SMILES string of the molecule is CC(C)[C@@H]1CC[C@@H](C)C[C@@H]1OC(=O)C(C)(C)C.CC(C)[C@@H]1CC[C@@H](C)C[C@H]1OC(=O)C(C)(C)C. The Hall–Kier alpha value is -1.06. The molecule has 0 spiro atoms. The summed E-state index contributed by atoms with van der Waals surface area (Å²) in [5.41, 5.74) is -0.773. The number of ether oxygens (including phenoxy) is 2. The normalized spacial score (nSPS) is 30.4. The van der Waals surface area contributed by atoms with Crippen LogP contribution >= 0.6 is 0 Å². The lowest BCUT2D eigenvalue weighted by Gasteiger charge is -2.37. The first-order chi connectivity index (χ1) is 15.4. The van der Waals surface area contributed by atoms with Crippen molar-refractivity contribution in [3.05, 3.63) is 0 Å². The number of carbonyl (C=O) groups excluding carboxylic acids is 2. The fourth-order valence-electron chi connectivity index (χ4n) is 5.13. The van der Waals surface area contributed by atoms with Gasteiger partial charge in [0.15, 0.2) is 0 Å². The summed E-state index contributed by atoms with van der Waals surface area (Å²) in [7, 11) is 0. The molecule has 2 aliphatic rings. The fourth-order valence-corrected chi connectivity index (χ4v) is 5.13. The standard InChI is InChI=1S/2C15H28O2/c2*1-10(2)12-8-7-11(3)9-13(12)17-14(16)15(4,5)6/h2*10-13H,7-9H2,1-6H3/t11-,12+,13+;11-,12+,13-/m11/s1. The molecular formula is C30H56O4. The van der Waals surface area contributed by atoms with Crippen LogP contribution in [0.3, 0.4) is 0 Å². The van der Waals surface area contributed by atoms with Gasteiger partial charge in [0, 0.05) is 0 Å². The van der Waals surface area contributed by atoms with Crippen LogP contribution in [0.25, 0.3) is 0 Å². The zero-order valence-electron chi connectivity index (χ0n) is 24.5. The molecule has 4 heteroatoms. The second-order valence-electron chi connectivity index (χ2n) is 14.0. The molecule has 34 heavy (non-hydrogen) atoms. The first-order valence-corrected chi connectivity index (χ1v) is 13.9. The molecular weight excluding hydrogens is 424 g/mol. The Morgan fingerprint density at radius 3 is 1.15 bits per heavy atom. The molecule has 0 bridgehead atoms. The van der Waals surface area contributed by atoms with Gasteiger partial charge >= 0.3 is 11.9 Å². The fraction of sp³-hybridized carbons (Fsp3) is 0.933. The van der Waals surface area contributed by atoms with E-state index < -0.39 is 0 Å². The van der Waals surface area contributed by atoms with Crippen molar-refractivity contribution < 1.29 is 19.1 Å². The minimum Gasteiger partial charge on any atom is -0.462 e. The molecule has 0 aromatic rings. The molecule has 2 saturated carbocycles. The first kappa shape index (κ1) is 31.0. The van der Waals surface area contributed by atoms with Crippen molar-refractivity contribution in [2.45, 2.75) is 134 Å². The van der Waals surface area contributed by atoms with E-state index in [1.807, 2.05) is 41.5 Å². The third-order valence-corrected chi connectivity index (χ3v) is 7.66. The van der Waals surface area contributed by atoms with Crippen LogP contribution in [0.5, 0.6) is 0 Å². The van der Waals surface area contributed by atoms with Gasteiger partial charge in [0.25, 0.3) is 0 Å². The molecule has 2 aliphatic carbocycles. The van der Waals surface area contributed by atoms with E-state index in [1.165, 1.54) is 25.7 Å². The highest BCUT2D eigenvalue weighted by Gasteiger charge is 2.37. The first-order valence-electron chi connectivity index (χ1n) is 13.9. The van der Waals surface area contributed by atoms with E-state index in [1.54, 1.807) is 0 Å². The minimum absolute atomic E-state index is 0.0535. The van der Waals surface area contributed by atoms with Crippen molar-refractivity contribution in [2.75, 3.05) is 0 Å². The Bertz CT molecular complexity index is 581. The second kappa shape index (κ2) is 12.8. The van der Waals surface area contributed by atoms with Gasteiger partial charge in [0.2, 0.25) is 0 Å². The smallest absolute Gasteiger partial charge is 0.311 e. The topological polar surface area (TPSA) is 52.6 Å². The van der Waals surface area contributed by atoms with Gasteiger partial charge in [-0.05, 0) is 103 Å². The van der Waals surface area contributed by atoms with Crippen LogP contribution in [0, 0.1) is 46.3 Å². The lowest BCUT2D eigenvalue weighted by Crippen LogP contribution is -2.38. The lowest BCUT2D eigenvalue weighted by molar-refractivity contribution is -0.166. The molecule has 0 radical (unpaired) electrons. The summed E-state index contributed by atoms with van der Waals surface area (Å²) in [4.78, 5) is 24.0. The van der Waals surface area contributed by atoms with E-state index in [0.29, 0.717) is 35.5 Å². The largest absolute Gasteiger partial charge is 0.462 e. The van der Waals surface area contributed by atoms with Crippen LogP contribution in [-0.2, 0) is 19.1 Å². The predicted molar refractivity (Wildman–Crippen MR) is 141 cm³/mol. The van der Waals surface area contributed by atoms with Crippen molar-refractivity contribution in [2.24, 2.45) is 46.3 Å². The van der Waals surface area contributed by atoms with Crippen molar-refractivity contribution in [3.63, 3.8) is 0 Å².